The fourth-order valence-corrected chi connectivity index (χ4v) is 4.01. The lowest BCUT2D eigenvalue weighted by molar-refractivity contribution is -0.138. The molecule has 3 atom stereocenters. The maximum atomic E-state index is 12.6. The summed E-state index contributed by atoms with van der Waals surface area (Å²) in [5.74, 6) is 0.179. The van der Waals surface area contributed by atoms with Crippen LogP contribution >= 0.6 is 11.8 Å². The van der Waals surface area contributed by atoms with E-state index in [0.717, 1.165) is 31.0 Å². The summed E-state index contributed by atoms with van der Waals surface area (Å²) in [4.78, 5) is 30.3. The molecule has 1 amide bonds. The molecule has 0 bridgehead atoms. The molecule has 1 aliphatic rings. The molecule has 0 radical (unpaired) electrons. The summed E-state index contributed by atoms with van der Waals surface area (Å²) in [6.07, 6.45) is 2.96. The van der Waals surface area contributed by atoms with Crippen LogP contribution in [-0.2, 0) is 9.63 Å². The van der Waals surface area contributed by atoms with Gasteiger partial charge in [-0.05, 0) is 54.5 Å². The average molecular weight is 360 g/mol. The monoisotopic (exact) mass is 360 g/mol. The zero-order chi connectivity index (χ0) is 18.4. The number of rotatable bonds is 4. The average Bonchev–Trinajstić information content (AvgIpc) is 2.59. The molecule has 1 aliphatic carbocycles. The van der Waals surface area contributed by atoms with Gasteiger partial charge in [-0.1, -0.05) is 39.3 Å². The lowest BCUT2D eigenvalue weighted by Gasteiger charge is -2.36. The van der Waals surface area contributed by atoms with E-state index in [1.807, 2.05) is 5.40 Å². The van der Waals surface area contributed by atoms with Crippen molar-refractivity contribution in [3.63, 3.8) is 0 Å². The van der Waals surface area contributed by atoms with E-state index < -0.39 is 5.97 Å². The van der Waals surface area contributed by atoms with Crippen molar-refractivity contribution in [3.05, 3.63) is 29.8 Å². The number of nitrogens with zero attached hydrogens (tertiary/aromatic N) is 1. The molecule has 3 unspecified atom stereocenters. The second-order valence-electron chi connectivity index (χ2n) is 6.98. The number of carbonyl (C=O) groups excluding carboxylic acids is 2. The Kier molecular flexibility index (Phi) is 6.89. The van der Waals surface area contributed by atoms with Gasteiger partial charge in [-0.2, -0.15) is 10.7 Å². The van der Waals surface area contributed by atoms with Crippen molar-refractivity contribution in [1.82, 2.24) is 5.48 Å². The van der Waals surface area contributed by atoms with Gasteiger partial charge in [-0.25, -0.2) is 4.79 Å². The van der Waals surface area contributed by atoms with Crippen molar-refractivity contribution in [3.8, 4) is 5.40 Å². The zero-order valence-electron chi connectivity index (χ0n) is 14.8. The Labute approximate surface area is 153 Å². The number of hydrogen-bond acceptors (Lipinski definition) is 5. The van der Waals surface area contributed by atoms with Gasteiger partial charge in [0.2, 0.25) is 0 Å². The number of nitriles is 1. The van der Waals surface area contributed by atoms with E-state index in [0.29, 0.717) is 22.6 Å². The predicted octanol–water partition coefficient (Wildman–Crippen LogP) is 4.16. The van der Waals surface area contributed by atoms with Crippen LogP contribution in [0.5, 0.6) is 0 Å². The molecule has 25 heavy (non-hydrogen) atoms. The van der Waals surface area contributed by atoms with Gasteiger partial charge in [0.05, 0.1) is 5.56 Å². The number of hydroxylamine groups is 1. The fraction of sp³-hybridized carbons (Fsp3) is 0.526. The van der Waals surface area contributed by atoms with Crippen LogP contribution in [0.2, 0.25) is 0 Å². The van der Waals surface area contributed by atoms with Crippen LogP contribution in [0.15, 0.2) is 29.2 Å². The van der Waals surface area contributed by atoms with Gasteiger partial charge in [0.15, 0.2) is 0 Å². The maximum absolute atomic E-state index is 12.6. The van der Waals surface area contributed by atoms with E-state index in [9.17, 15) is 9.59 Å². The predicted molar refractivity (Wildman–Crippen MR) is 96.3 cm³/mol. The second kappa shape index (κ2) is 8.91. The van der Waals surface area contributed by atoms with Crippen LogP contribution in [0.1, 0.15) is 50.4 Å². The van der Waals surface area contributed by atoms with E-state index in [1.54, 1.807) is 24.3 Å². The molecule has 1 fully saturated rings. The minimum atomic E-state index is -0.656. The molecular formula is C19H24N2O3S. The van der Waals surface area contributed by atoms with Crippen molar-refractivity contribution in [2.24, 2.45) is 23.7 Å². The minimum absolute atomic E-state index is 0.139. The lowest BCUT2D eigenvalue weighted by Crippen LogP contribution is -2.41. The van der Waals surface area contributed by atoms with Crippen LogP contribution in [0, 0.1) is 34.3 Å². The molecular weight excluding hydrogens is 336 g/mol. The topological polar surface area (TPSA) is 79.2 Å². The van der Waals surface area contributed by atoms with Crippen molar-refractivity contribution >= 4 is 23.6 Å². The van der Waals surface area contributed by atoms with Gasteiger partial charge in [0.1, 0.15) is 5.40 Å². The molecule has 1 aromatic carbocycles. The van der Waals surface area contributed by atoms with E-state index in [2.05, 4.69) is 26.3 Å². The Balaban J connectivity index is 2.01. The van der Waals surface area contributed by atoms with Crippen LogP contribution in [0.25, 0.3) is 0 Å². The van der Waals surface area contributed by atoms with Gasteiger partial charge in [-0.3, -0.25) is 4.79 Å². The van der Waals surface area contributed by atoms with Gasteiger partial charge in [0, 0.05) is 10.8 Å². The van der Waals surface area contributed by atoms with Crippen molar-refractivity contribution < 1.29 is 14.4 Å². The Bertz CT molecular complexity index is 669. The Morgan fingerprint density at radius 3 is 2.72 bits per heavy atom. The summed E-state index contributed by atoms with van der Waals surface area (Å²) in [5, 5.41) is 10.8. The molecule has 5 nitrogen and oxygen atoms in total. The summed E-state index contributed by atoms with van der Waals surface area (Å²) in [6.45, 7) is 6.41. The number of benzene rings is 1. The third kappa shape index (κ3) is 4.99. The summed E-state index contributed by atoms with van der Waals surface area (Å²) in [7, 11) is 0. The molecule has 0 saturated heterocycles. The number of nitrogens with one attached hydrogen (secondary N) is 1. The molecule has 6 heteroatoms. The molecule has 2 rings (SSSR count). The standard InChI is InChI=1S/C19H24N2O3S/c1-12(2)14-9-8-13(3)10-16(14)18(22)21-24-19(23)15-6-4-5-7-17(15)25-11-20/h4-7,12-14,16H,8-10H2,1-3H3,(H,21,22). The van der Waals surface area contributed by atoms with E-state index in [4.69, 9.17) is 10.1 Å². The highest BCUT2D eigenvalue weighted by molar-refractivity contribution is 8.03. The number of hydrogen-bond donors (Lipinski definition) is 1. The van der Waals surface area contributed by atoms with E-state index in [1.165, 1.54) is 0 Å². The second-order valence-corrected chi connectivity index (χ2v) is 7.80. The largest absolute Gasteiger partial charge is 0.364 e. The van der Waals surface area contributed by atoms with Crippen molar-refractivity contribution in [2.45, 2.75) is 44.9 Å². The first-order chi connectivity index (χ1) is 11.9. The normalized spacial score (nSPS) is 22.9. The highest BCUT2D eigenvalue weighted by Gasteiger charge is 2.36. The number of thioether (sulfide) groups is 1. The van der Waals surface area contributed by atoms with Crippen LogP contribution in [0.3, 0.4) is 0 Å². The summed E-state index contributed by atoms with van der Waals surface area (Å²) in [5.41, 5.74) is 2.61. The number of carbonyl (C=O) groups is 2. The molecule has 1 aromatic rings. The van der Waals surface area contributed by atoms with Crippen LogP contribution < -0.4 is 5.48 Å². The first kappa shape index (κ1) is 19.3. The van der Waals surface area contributed by atoms with Gasteiger partial charge in [-0.15, -0.1) is 0 Å². The lowest BCUT2D eigenvalue weighted by atomic mass is 9.70. The third-order valence-corrected chi connectivity index (χ3v) is 5.53. The Hall–Kier alpha value is -2.00. The molecule has 0 aliphatic heterocycles. The third-order valence-electron chi connectivity index (χ3n) is 4.87. The van der Waals surface area contributed by atoms with Crippen LogP contribution in [-0.4, -0.2) is 11.9 Å². The summed E-state index contributed by atoms with van der Waals surface area (Å²) in [6, 6.07) is 6.68. The van der Waals surface area contributed by atoms with Crippen LogP contribution in [0.4, 0.5) is 0 Å². The molecule has 0 spiro atoms. The highest BCUT2D eigenvalue weighted by atomic mass is 32.2. The first-order valence-corrected chi connectivity index (χ1v) is 9.41. The molecule has 0 heterocycles. The summed E-state index contributed by atoms with van der Waals surface area (Å²) >= 11 is 0.889. The molecule has 1 saturated carbocycles. The zero-order valence-corrected chi connectivity index (χ0v) is 15.6. The van der Waals surface area contributed by atoms with Gasteiger partial charge >= 0.3 is 5.97 Å². The number of amides is 1. The molecule has 1 N–H and O–H groups in total. The number of thiocyanates is 1. The van der Waals surface area contributed by atoms with Crippen molar-refractivity contribution in [1.29, 1.82) is 5.26 Å². The minimum Gasteiger partial charge on any atom is -0.335 e. The van der Waals surface area contributed by atoms with Crippen molar-refractivity contribution in [2.75, 3.05) is 0 Å². The maximum Gasteiger partial charge on any atom is 0.364 e. The van der Waals surface area contributed by atoms with E-state index in [-0.39, 0.29) is 17.4 Å². The SMILES string of the molecule is CC1CCC(C(C)C)C(C(=O)NOC(=O)c2ccccc2SC#N)C1. The molecule has 134 valence electrons. The quantitative estimate of drug-likeness (QED) is 0.495. The smallest absolute Gasteiger partial charge is 0.335 e. The molecule has 0 aromatic heterocycles. The highest BCUT2D eigenvalue weighted by Crippen LogP contribution is 2.38. The van der Waals surface area contributed by atoms with E-state index >= 15 is 0 Å². The fourth-order valence-electron chi connectivity index (χ4n) is 3.50. The Morgan fingerprint density at radius 2 is 2.04 bits per heavy atom. The van der Waals surface area contributed by atoms with Gasteiger partial charge in [0.25, 0.3) is 5.91 Å². The first-order valence-electron chi connectivity index (χ1n) is 8.60. The Morgan fingerprint density at radius 1 is 1.32 bits per heavy atom. The summed E-state index contributed by atoms with van der Waals surface area (Å²) < 4.78 is 0. The van der Waals surface area contributed by atoms with Gasteiger partial charge < -0.3 is 4.84 Å².